The summed E-state index contributed by atoms with van der Waals surface area (Å²) in [5.74, 6) is 4.03. The smallest absolute Gasteiger partial charge is 0.231 e. The van der Waals surface area contributed by atoms with Crippen LogP contribution >= 0.6 is 11.8 Å². The average molecular weight is 307 g/mol. The average Bonchev–Trinajstić information content (AvgIpc) is 3.11. The summed E-state index contributed by atoms with van der Waals surface area (Å²) in [5, 5.41) is 4.58. The predicted molar refractivity (Wildman–Crippen MR) is 80.3 cm³/mol. The van der Waals surface area contributed by atoms with Crippen molar-refractivity contribution < 1.29 is 14.2 Å². The predicted octanol–water partition coefficient (Wildman–Crippen LogP) is 2.05. The molecule has 0 radical (unpaired) electrons. The van der Waals surface area contributed by atoms with Crippen LogP contribution in [0.15, 0.2) is 18.2 Å². The molecule has 0 amide bonds. The van der Waals surface area contributed by atoms with Crippen molar-refractivity contribution >= 4 is 11.8 Å². The van der Waals surface area contributed by atoms with Crippen LogP contribution in [0.5, 0.6) is 11.5 Å². The van der Waals surface area contributed by atoms with Crippen LogP contribution in [0.25, 0.3) is 5.69 Å². The maximum atomic E-state index is 5.42. The Morgan fingerprint density at radius 3 is 3.00 bits per heavy atom. The summed E-state index contributed by atoms with van der Waals surface area (Å²) in [7, 11) is 1.68. The minimum atomic E-state index is 0.271. The van der Waals surface area contributed by atoms with E-state index in [1.165, 1.54) is 0 Å². The van der Waals surface area contributed by atoms with E-state index in [2.05, 4.69) is 10.1 Å². The molecule has 0 unspecified atom stereocenters. The van der Waals surface area contributed by atoms with Gasteiger partial charge in [0.2, 0.25) is 6.79 Å². The maximum Gasteiger partial charge on any atom is 0.231 e. The quantitative estimate of drug-likeness (QED) is 0.814. The lowest BCUT2D eigenvalue weighted by molar-refractivity contribution is 0.174. The Bertz CT molecular complexity index is 630. The molecule has 2 heterocycles. The molecule has 0 bridgehead atoms. The Labute approximate surface area is 127 Å². The normalized spacial score (nSPS) is 12.9. The van der Waals surface area contributed by atoms with E-state index < -0.39 is 0 Å². The van der Waals surface area contributed by atoms with Crippen LogP contribution in [0.4, 0.5) is 0 Å². The molecule has 0 fully saturated rings. The number of aromatic nitrogens is 3. The number of nitrogens with zero attached hydrogens (tertiary/aromatic N) is 3. The Morgan fingerprint density at radius 1 is 1.33 bits per heavy atom. The standard InChI is InChI=1S/C14H17N3O3S/c1-18-6-5-13-15-14(8-21-2)17(16-13)10-3-4-11-12(7-10)20-9-19-11/h3-4,7H,5-6,8-9H2,1-2H3. The third kappa shape index (κ3) is 2.98. The molecule has 2 aromatic rings. The van der Waals surface area contributed by atoms with Gasteiger partial charge in [-0.1, -0.05) is 0 Å². The van der Waals surface area contributed by atoms with Crippen LogP contribution in [0.3, 0.4) is 0 Å². The van der Waals surface area contributed by atoms with Gasteiger partial charge in [-0.15, -0.1) is 0 Å². The van der Waals surface area contributed by atoms with Crippen LogP contribution in [0.2, 0.25) is 0 Å². The number of ether oxygens (including phenoxy) is 3. The fourth-order valence-corrected chi connectivity index (χ4v) is 2.58. The zero-order valence-corrected chi connectivity index (χ0v) is 12.9. The van der Waals surface area contributed by atoms with Gasteiger partial charge in [0.1, 0.15) is 5.82 Å². The molecule has 112 valence electrons. The van der Waals surface area contributed by atoms with Gasteiger partial charge in [0, 0.05) is 19.6 Å². The van der Waals surface area contributed by atoms with E-state index >= 15 is 0 Å². The summed E-state index contributed by atoms with van der Waals surface area (Å²) in [4.78, 5) is 4.59. The van der Waals surface area contributed by atoms with Gasteiger partial charge >= 0.3 is 0 Å². The van der Waals surface area contributed by atoms with Gasteiger partial charge in [-0.25, -0.2) is 9.67 Å². The molecular weight excluding hydrogens is 290 g/mol. The number of hydrogen-bond acceptors (Lipinski definition) is 6. The summed E-state index contributed by atoms with van der Waals surface area (Å²) < 4.78 is 17.7. The molecule has 7 heteroatoms. The van der Waals surface area contributed by atoms with Gasteiger partial charge in [0.15, 0.2) is 17.3 Å². The van der Waals surface area contributed by atoms with E-state index in [4.69, 9.17) is 14.2 Å². The third-order valence-electron chi connectivity index (χ3n) is 3.12. The van der Waals surface area contributed by atoms with E-state index in [0.29, 0.717) is 13.0 Å². The lowest BCUT2D eigenvalue weighted by Crippen LogP contribution is -2.02. The highest BCUT2D eigenvalue weighted by molar-refractivity contribution is 7.97. The van der Waals surface area contributed by atoms with Crippen LogP contribution < -0.4 is 9.47 Å². The molecule has 1 aromatic carbocycles. The van der Waals surface area contributed by atoms with Gasteiger partial charge in [-0.05, 0) is 18.4 Å². The lowest BCUT2D eigenvalue weighted by atomic mass is 10.3. The van der Waals surface area contributed by atoms with Crippen LogP contribution in [0.1, 0.15) is 11.6 Å². The molecule has 0 atom stereocenters. The maximum absolute atomic E-state index is 5.42. The number of thioether (sulfide) groups is 1. The van der Waals surface area contributed by atoms with Gasteiger partial charge in [0.05, 0.1) is 18.0 Å². The minimum Gasteiger partial charge on any atom is -0.454 e. The molecule has 0 saturated heterocycles. The molecule has 0 saturated carbocycles. The van der Waals surface area contributed by atoms with E-state index in [1.807, 2.05) is 29.1 Å². The van der Waals surface area contributed by atoms with Gasteiger partial charge < -0.3 is 14.2 Å². The number of fused-ring (bicyclic) bond motifs is 1. The van der Waals surface area contributed by atoms with E-state index in [9.17, 15) is 0 Å². The van der Waals surface area contributed by atoms with Crippen LogP contribution in [-0.2, 0) is 16.9 Å². The van der Waals surface area contributed by atoms with Crippen molar-refractivity contribution in [1.29, 1.82) is 0 Å². The highest BCUT2D eigenvalue weighted by Crippen LogP contribution is 2.33. The molecule has 6 nitrogen and oxygen atoms in total. The Kier molecular flexibility index (Phi) is 4.31. The Hall–Kier alpha value is -1.73. The first-order valence-electron chi connectivity index (χ1n) is 6.64. The SMILES string of the molecule is COCCc1nc(CSC)n(-c2ccc3c(c2)OCO3)n1. The summed E-state index contributed by atoms with van der Waals surface area (Å²) in [6.07, 6.45) is 2.75. The van der Waals surface area contributed by atoms with Crippen molar-refractivity contribution in [2.24, 2.45) is 0 Å². The van der Waals surface area contributed by atoms with E-state index in [0.717, 1.165) is 34.6 Å². The molecule has 1 aromatic heterocycles. The Morgan fingerprint density at radius 2 is 2.19 bits per heavy atom. The first-order chi connectivity index (χ1) is 10.3. The summed E-state index contributed by atoms with van der Waals surface area (Å²) in [5.41, 5.74) is 0.930. The topological polar surface area (TPSA) is 58.4 Å². The van der Waals surface area contributed by atoms with Crippen molar-refractivity contribution in [3.63, 3.8) is 0 Å². The molecule has 1 aliphatic heterocycles. The largest absolute Gasteiger partial charge is 0.454 e. The molecule has 3 rings (SSSR count). The van der Waals surface area contributed by atoms with Crippen molar-refractivity contribution in [2.75, 3.05) is 26.8 Å². The molecular formula is C14H17N3O3S. The number of benzene rings is 1. The van der Waals surface area contributed by atoms with Gasteiger partial charge in [0.25, 0.3) is 0 Å². The third-order valence-corrected chi connectivity index (χ3v) is 3.67. The first-order valence-corrected chi connectivity index (χ1v) is 8.04. The zero-order chi connectivity index (χ0) is 14.7. The Balaban J connectivity index is 1.93. The summed E-state index contributed by atoms with van der Waals surface area (Å²) in [6, 6.07) is 5.80. The monoisotopic (exact) mass is 307 g/mol. The van der Waals surface area contributed by atoms with E-state index in [1.54, 1.807) is 18.9 Å². The molecule has 1 aliphatic rings. The van der Waals surface area contributed by atoms with Crippen molar-refractivity contribution in [3.8, 4) is 17.2 Å². The number of hydrogen-bond donors (Lipinski definition) is 0. The van der Waals surface area contributed by atoms with Crippen molar-refractivity contribution in [1.82, 2.24) is 14.8 Å². The summed E-state index contributed by atoms with van der Waals surface area (Å²) in [6.45, 7) is 0.886. The molecule has 0 aliphatic carbocycles. The van der Waals surface area contributed by atoms with Crippen molar-refractivity contribution in [2.45, 2.75) is 12.2 Å². The lowest BCUT2D eigenvalue weighted by Gasteiger charge is -2.05. The summed E-state index contributed by atoms with van der Waals surface area (Å²) >= 11 is 1.72. The second-order valence-corrected chi connectivity index (χ2v) is 5.44. The van der Waals surface area contributed by atoms with Crippen LogP contribution in [-0.4, -0.2) is 41.5 Å². The first kappa shape index (κ1) is 14.2. The minimum absolute atomic E-state index is 0.271. The number of methoxy groups -OCH3 is 1. The van der Waals surface area contributed by atoms with Gasteiger partial charge in [-0.3, -0.25) is 0 Å². The number of rotatable bonds is 6. The van der Waals surface area contributed by atoms with Gasteiger partial charge in [-0.2, -0.15) is 16.9 Å². The van der Waals surface area contributed by atoms with Crippen LogP contribution in [0, 0.1) is 0 Å². The fraction of sp³-hybridized carbons (Fsp3) is 0.429. The molecule has 0 N–H and O–H groups in total. The van der Waals surface area contributed by atoms with Crippen molar-refractivity contribution in [3.05, 3.63) is 29.8 Å². The molecule has 0 spiro atoms. The highest BCUT2D eigenvalue weighted by Gasteiger charge is 2.17. The van der Waals surface area contributed by atoms with E-state index in [-0.39, 0.29) is 6.79 Å². The second-order valence-electron chi connectivity index (χ2n) is 4.57. The molecule has 21 heavy (non-hydrogen) atoms. The zero-order valence-electron chi connectivity index (χ0n) is 12.0. The fourth-order valence-electron chi connectivity index (χ4n) is 2.14. The second kappa shape index (κ2) is 6.36. The highest BCUT2D eigenvalue weighted by atomic mass is 32.2.